The van der Waals surface area contributed by atoms with Crippen LogP contribution >= 0.6 is 0 Å². The molecule has 2 unspecified atom stereocenters. The molecular formula is C21H25F2NO5. The number of carbonyl (C=O) groups is 2. The van der Waals surface area contributed by atoms with E-state index in [9.17, 15) is 18.4 Å². The molecule has 2 atom stereocenters. The monoisotopic (exact) mass is 409 g/mol. The van der Waals surface area contributed by atoms with Crippen molar-refractivity contribution in [2.45, 2.75) is 39.7 Å². The molecule has 0 spiro atoms. The summed E-state index contributed by atoms with van der Waals surface area (Å²) in [4.78, 5) is 29.9. The van der Waals surface area contributed by atoms with Gasteiger partial charge in [0.1, 0.15) is 24.2 Å². The Labute approximate surface area is 168 Å². The van der Waals surface area contributed by atoms with E-state index in [0.717, 1.165) is 18.2 Å². The van der Waals surface area contributed by atoms with Crippen LogP contribution in [0.25, 0.3) is 0 Å². The molecule has 1 heterocycles. The summed E-state index contributed by atoms with van der Waals surface area (Å²) >= 11 is 0. The minimum Gasteiger partial charge on any atom is -0.462 e. The number of methoxy groups -OCH3 is 1. The number of rotatable bonds is 7. The van der Waals surface area contributed by atoms with Gasteiger partial charge >= 0.3 is 11.9 Å². The van der Waals surface area contributed by atoms with Crippen molar-refractivity contribution in [2.75, 3.05) is 20.3 Å². The van der Waals surface area contributed by atoms with Gasteiger partial charge in [-0.2, -0.15) is 0 Å². The quantitative estimate of drug-likeness (QED) is 0.509. The maximum absolute atomic E-state index is 14.7. The molecule has 0 aliphatic carbocycles. The second kappa shape index (κ2) is 9.73. The fraction of sp³-hybridized carbons (Fsp3) is 0.476. The van der Waals surface area contributed by atoms with Gasteiger partial charge in [-0.15, -0.1) is 0 Å². The van der Waals surface area contributed by atoms with Gasteiger partial charge < -0.3 is 14.2 Å². The minimum absolute atomic E-state index is 0.0121. The predicted octanol–water partition coefficient (Wildman–Crippen LogP) is 3.55. The summed E-state index contributed by atoms with van der Waals surface area (Å²) in [6.07, 6.45) is -0.433. The van der Waals surface area contributed by atoms with Crippen molar-refractivity contribution in [3.63, 3.8) is 0 Å². The van der Waals surface area contributed by atoms with E-state index in [-0.39, 0.29) is 30.0 Å². The second-order valence-corrected chi connectivity index (χ2v) is 6.99. The third-order valence-electron chi connectivity index (χ3n) is 4.47. The molecule has 0 saturated heterocycles. The van der Waals surface area contributed by atoms with Crippen molar-refractivity contribution in [2.24, 2.45) is 10.9 Å². The van der Waals surface area contributed by atoms with Crippen molar-refractivity contribution in [1.29, 1.82) is 0 Å². The minimum atomic E-state index is -1.13. The molecule has 0 saturated carbocycles. The summed E-state index contributed by atoms with van der Waals surface area (Å²) in [5.41, 5.74) is 0.465. The molecular weight excluding hydrogens is 384 g/mol. The van der Waals surface area contributed by atoms with Crippen molar-refractivity contribution < 1.29 is 32.6 Å². The molecule has 2 rings (SSSR count). The van der Waals surface area contributed by atoms with Crippen molar-refractivity contribution in [3.05, 3.63) is 46.7 Å². The second-order valence-electron chi connectivity index (χ2n) is 6.99. The number of nitrogens with zero attached hydrogens (tertiary/aromatic N) is 1. The molecule has 0 radical (unpaired) electrons. The van der Waals surface area contributed by atoms with E-state index in [1.54, 1.807) is 27.7 Å². The van der Waals surface area contributed by atoms with Gasteiger partial charge in [-0.25, -0.2) is 13.6 Å². The number of carbonyl (C=O) groups excluding carboxylic acids is 2. The molecule has 0 N–H and O–H groups in total. The summed E-state index contributed by atoms with van der Waals surface area (Å²) in [5, 5.41) is 0. The highest BCUT2D eigenvalue weighted by molar-refractivity contribution is 6.07. The first-order valence-corrected chi connectivity index (χ1v) is 9.24. The highest BCUT2D eigenvalue weighted by Gasteiger charge is 2.43. The summed E-state index contributed by atoms with van der Waals surface area (Å²) in [6, 6.07) is 2.90. The number of hydrogen-bond acceptors (Lipinski definition) is 6. The third kappa shape index (κ3) is 5.26. The van der Waals surface area contributed by atoms with E-state index >= 15 is 0 Å². The number of ether oxygens (including phenoxy) is 3. The van der Waals surface area contributed by atoms with E-state index in [0.29, 0.717) is 5.71 Å². The van der Waals surface area contributed by atoms with Crippen molar-refractivity contribution in [3.8, 4) is 0 Å². The van der Waals surface area contributed by atoms with Gasteiger partial charge in [0.2, 0.25) is 0 Å². The Morgan fingerprint density at radius 1 is 1.17 bits per heavy atom. The van der Waals surface area contributed by atoms with E-state index in [4.69, 9.17) is 14.2 Å². The van der Waals surface area contributed by atoms with Crippen LogP contribution in [0.15, 0.2) is 34.5 Å². The van der Waals surface area contributed by atoms with Gasteiger partial charge in [0.15, 0.2) is 0 Å². The van der Waals surface area contributed by atoms with Crippen LogP contribution in [-0.2, 0) is 23.8 Å². The maximum atomic E-state index is 14.7. The van der Waals surface area contributed by atoms with Crippen LogP contribution in [0.4, 0.5) is 8.78 Å². The number of benzene rings is 1. The molecule has 6 nitrogen and oxygen atoms in total. The molecule has 29 heavy (non-hydrogen) atoms. The first-order valence-electron chi connectivity index (χ1n) is 9.24. The maximum Gasteiger partial charge on any atom is 0.336 e. The zero-order valence-corrected chi connectivity index (χ0v) is 17.1. The Morgan fingerprint density at radius 2 is 1.86 bits per heavy atom. The Balaban J connectivity index is 2.60. The smallest absolute Gasteiger partial charge is 0.336 e. The fourth-order valence-corrected chi connectivity index (χ4v) is 3.30. The van der Waals surface area contributed by atoms with Crippen LogP contribution in [0.5, 0.6) is 0 Å². The molecule has 1 aliphatic heterocycles. The van der Waals surface area contributed by atoms with Gasteiger partial charge in [0, 0.05) is 24.4 Å². The standard InChI is InChI=1S/C21H25F2NO5/c1-11(2)29-21(26)18-13(4)24-12(3)17(20(25)28-9-8-27-5)19(18)15-10-14(22)6-7-16(15)23/h6-7,10-11,18-19H,8-9H2,1-5H3. The average Bonchev–Trinajstić information content (AvgIpc) is 2.62. The Hall–Kier alpha value is -2.61. The van der Waals surface area contributed by atoms with E-state index < -0.39 is 41.5 Å². The number of esters is 2. The first-order chi connectivity index (χ1) is 13.7. The van der Waals surface area contributed by atoms with Crippen LogP contribution in [0.2, 0.25) is 0 Å². The number of halogens is 2. The normalized spacial score (nSPS) is 19.2. The first kappa shape index (κ1) is 22.7. The summed E-state index contributed by atoms with van der Waals surface area (Å²) < 4.78 is 44.0. The molecule has 158 valence electrons. The number of aliphatic imine (C=N–C) groups is 1. The van der Waals surface area contributed by atoms with Crippen LogP contribution in [-0.4, -0.2) is 44.1 Å². The Kier molecular flexibility index (Phi) is 7.61. The lowest BCUT2D eigenvalue weighted by molar-refractivity contribution is -0.150. The van der Waals surface area contributed by atoms with Gasteiger partial charge in [-0.1, -0.05) is 0 Å². The number of allylic oxidation sites excluding steroid dienone is 1. The summed E-state index contributed by atoms with van der Waals surface area (Å²) in [6.45, 7) is 6.63. The summed E-state index contributed by atoms with van der Waals surface area (Å²) in [5.74, 6) is -5.12. The van der Waals surface area contributed by atoms with E-state index in [1.165, 1.54) is 7.11 Å². The average molecular weight is 409 g/mol. The van der Waals surface area contributed by atoms with Crippen molar-refractivity contribution >= 4 is 17.7 Å². The topological polar surface area (TPSA) is 74.2 Å². The van der Waals surface area contributed by atoms with Gasteiger partial charge in [0.05, 0.1) is 18.3 Å². The fourth-order valence-electron chi connectivity index (χ4n) is 3.30. The predicted molar refractivity (Wildman–Crippen MR) is 102 cm³/mol. The van der Waals surface area contributed by atoms with Crippen LogP contribution in [0.3, 0.4) is 0 Å². The number of hydrogen-bond donors (Lipinski definition) is 0. The molecule has 1 aromatic carbocycles. The largest absolute Gasteiger partial charge is 0.462 e. The van der Waals surface area contributed by atoms with Crippen LogP contribution < -0.4 is 0 Å². The molecule has 0 aromatic heterocycles. The van der Waals surface area contributed by atoms with Crippen LogP contribution in [0.1, 0.15) is 39.2 Å². The Bertz CT molecular complexity index is 847. The lowest BCUT2D eigenvalue weighted by Gasteiger charge is -2.32. The molecule has 0 amide bonds. The van der Waals surface area contributed by atoms with Crippen LogP contribution in [0, 0.1) is 17.6 Å². The Morgan fingerprint density at radius 3 is 2.48 bits per heavy atom. The highest BCUT2D eigenvalue weighted by Crippen LogP contribution is 2.41. The van der Waals surface area contributed by atoms with E-state index in [1.807, 2.05) is 0 Å². The van der Waals surface area contributed by atoms with Crippen molar-refractivity contribution in [1.82, 2.24) is 0 Å². The van der Waals surface area contributed by atoms with Gasteiger partial charge in [0.25, 0.3) is 0 Å². The lowest BCUT2D eigenvalue weighted by atomic mass is 9.75. The van der Waals surface area contributed by atoms with E-state index in [2.05, 4.69) is 4.99 Å². The molecule has 0 fully saturated rings. The van der Waals surface area contributed by atoms with Gasteiger partial charge in [-0.3, -0.25) is 9.79 Å². The zero-order chi connectivity index (χ0) is 21.7. The molecule has 8 heteroatoms. The zero-order valence-electron chi connectivity index (χ0n) is 17.1. The highest BCUT2D eigenvalue weighted by atomic mass is 19.1. The lowest BCUT2D eigenvalue weighted by Crippen LogP contribution is -2.38. The molecule has 0 bridgehead atoms. The summed E-state index contributed by atoms with van der Waals surface area (Å²) in [7, 11) is 1.45. The molecule has 1 aromatic rings. The SMILES string of the molecule is COCCOC(=O)C1=C(C)N=C(C)C(C(=O)OC(C)C)C1c1cc(F)ccc1F. The van der Waals surface area contributed by atoms with Gasteiger partial charge in [-0.05, 0) is 51.5 Å². The molecule has 1 aliphatic rings. The third-order valence-corrected chi connectivity index (χ3v) is 4.47.